The molecule has 1 amide bonds. The third kappa shape index (κ3) is 5.22. The maximum Gasteiger partial charge on any atom is 0.264 e. The molecule has 3 aromatic carbocycles. The van der Waals surface area contributed by atoms with E-state index in [1.54, 1.807) is 54.6 Å². The first-order valence-corrected chi connectivity index (χ1v) is 11.7. The molecule has 5 nitrogen and oxygen atoms in total. The molecule has 0 heterocycles. The minimum absolute atomic E-state index is 0.0984. The van der Waals surface area contributed by atoms with Crippen molar-refractivity contribution in [3.8, 4) is 0 Å². The molecule has 0 aromatic heterocycles. The number of carbonyl (C=O) groups is 1. The standard InChI is InChI=1S/C22H20BrClN2O3S/c1-15-3-11-20(12-4-15)30(28,29)26(19-10-5-16(2)21(24)13-19)14-22(27)25-18-8-6-17(23)7-9-18/h3-13H,14H2,1-2H3,(H,25,27). The van der Waals surface area contributed by atoms with E-state index in [4.69, 9.17) is 11.6 Å². The van der Waals surface area contributed by atoms with Gasteiger partial charge in [0, 0.05) is 15.2 Å². The Morgan fingerprint density at radius 1 is 1.00 bits per heavy atom. The van der Waals surface area contributed by atoms with Crippen molar-refractivity contribution in [2.75, 3.05) is 16.2 Å². The fourth-order valence-electron chi connectivity index (χ4n) is 2.75. The van der Waals surface area contributed by atoms with Crippen LogP contribution in [0.15, 0.2) is 76.1 Å². The summed E-state index contributed by atoms with van der Waals surface area (Å²) >= 11 is 9.57. The number of aryl methyl sites for hydroxylation is 2. The first-order valence-electron chi connectivity index (χ1n) is 9.08. The van der Waals surface area contributed by atoms with Crippen LogP contribution in [0.25, 0.3) is 0 Å². The van der Waals surface area contributed by atoms with Crippen molar-refractivity contribution >= 4 is 54.8 Å². The number of hydrogen-bond acceptors (Lipinski definition) is 3. The van der Waals surface area contributed by atoms with Gasteiger partial charge in [-0.2, -0.15) is 0 Å². The van der Waals surface area contributed by atoms with E-state index in [1.807, 2.05) is 13.8 Å². The number of anilines is 2. The minimum Gasteiger partial charge on any atom is -0.325 e. The van der Waals surface area contributed by atoms with E-state index in [0.29, 0.717) is 16.4 Å². The lowest BCUT2D eigenvalue weighted by atomic mass is 10.2. The maximum atomic E-state index is 13.4. The van der Waals surface area contributed by atoms with Gasteiger partial charge in [-0.3, -0.25) is 9.10 Å². The van der Waals surface area contributed by atoms with Gasteiger partial charge in [0.05, 0.1) is 10.6 Å². The summed E-state index contributed by atoms with van der Waals surface area (Å²) in [5, 5.41) is 3.15. The normalized spacial score (nSPS) is 11.2. The van der Waals surface area contributed by atoms with Gasteiger partial charge in [0.1, 0.15) is 6.54 Å². The zero-order valence-corrected chi connectivity index (χ0v) is 19.6. The van der Waals surface area contributed by atoms with Crippen LogP contribution >= 0.6 is 27.5 Å². The van der Waals surface area contributed by atoms with E-state index in [1.165, 1.54) is 12.1 Å². The van der Waals surface area contributed by atoms with Crippen molar-refractivity contribution in [3.63, 3.8) is 0 Å². The fraction of sp³-hybridized carbons (Fsp3) is 0.136. The van der Waals surface area contributed by atoms with Gasteiger partial charge in [-0.1, -0.05) is 51.3 Å². The Morgan fingerprint density at radius 2 is 1.63 bits per heavy atom. The summed E-state index contributed by atoms with van der Waals surface area (Å²) in [7, 11) is -3.99. The molecule has 30 heavy (non-hydrogen) atoms. The molecule has 3 aromatic rings. The van der Waals surface area contributed by atoms with Crippen LogP contribution in [-0.4, -0.2) is 20.9 Å². The highest BCUT2D eigenvalue weighted by Crippen LogP contribution is 2.28. The zero-order chi connectivity index (χ0) is 21.9. The van der Waals surface area contributed by atoms with E-state index < -0.39 is 22.5 Å². The van der Waals surface area contributed by atoms with Crippen LogP contribution in [0.3, 0.4) is 0 Å². The number of nitrogens with zero attached hydrogens (tertiary/aromatic N) is 1. The smallest absolute Gasteiger partial charge is 0.264 e. The Kier molecular flexibility index (Phi) is 6.85. The molecular formula is C22H20BrClN2O3S. The summed E-state index contributed by atoms with van der Waals surface area (Å²) in [6, 6.07) is 18.4. The molecule has 0 atom stereocenters. The van der Waals surface area contributed by atoms with Gasteiger partial charge in [-0.15, -0.1) is 0 Å². The van der Waals surface area contributed by atoms with Gasteiger partial charge in [0.15, 0.2) is 0 Å². The summed E-state index contributed by atoms with van der Waals surface area (Å²) in [6.07, 6.45) is 0. The zero-order valence-electron chi connectivity index (χ0n) is 16.4. The monoisotopic (exact) mass is 506 g/mol. The molecule has 0 bridgehead atoms. The van der Waals surface area contributed by atoms with Gasteiger partial charge in [-0.25, -0.2) is 8.42 Å². The molecular weight excluding hydrogens is 488 g/mol. The molecule has 3 rings (SSSR count). The Labute approximate surface area is 189 Å². The predicted octanol–water partition coefficient (Wildman–Crippen LogP) is 5.55. The van der Waals surface area contributed by atoms with E-state index >= 15 is 0 Å². The van der Waals surface area contributed by atoms with Gasteiger partial charge in [-0.05, 0) is 67.9 Å². The quantitative estimate of drug-likeness (QED) is 0.475. The second-order valence-corrected chi connectivity index (χ2v) is 10.00. The van der Waals surface area contributed by atoms with Crippen molar-refractivity contribution in [2.45, 2.75) is 18.7 Å². The molecule has 0 spiro atoms. The third-order valence-electron chi connectivity index (χ3n) is 4.47. The van der Waals surface area contributed by atoms with Gasteiger partial charge < -0.3 is 5.32 Å². The molecule has 156 valence electrons. The minimum atomic E-state index is -3.99. The molecule has 0 radical (unpaired) electrons. The van der Waals surface area contributed by atoms with Crippen LogP contribution in [0.5, 0.6) is 0 Å². The van der Waals surface area contributed by atoms with Crippen LogP contribution < -0.4 is 9.62 Å². The fourth-order valence-corrected chi connectivity index (χ4v) is 4.61. The van der Waals surface area contributed by atoms with Crippen molar-refractivity contribution < 1.29 is 13.2 Å². The highest BCUT2D eigenvalue weighted by molar-refractivity contribution is 9.10. The molecule has 0 saturated carbocycles. The maximum absolute atomic E-state index is 13.4. The number of amides is 1. The molecule has 0 fully saturated rings. The predicted molar refractivity (Wildman–Crippen MR) is 125 cm³/mol. The van der Waals surface area contributed by atoms with Gasteiger partial charge in [0.25, 0.3) is 10.0 Å². The second kappa shape index (κ2) is 9.20. The lowest BCUT2D eigenvalue weighted by Gasteiger charge is -2.24. The molecule has 0 aliphatic rings. The number of carbonyl (C=O) groups excluding carboxylic acids is 1. The van der Waals surface area contributed by atoms with Crippen molar-refractivity contribution in [3.05, 3.63) is 87.4 Å². The number of rotatable bonds is 6. The lowest BCUT2D eigenvalue weighted by Crippen LogP contribution is -2.38. The van der Waals surface area contributed by atoms with E-state index in [-0.39, 0.29) is 4.90 Å². The molecule has 0 unspecified atom stereocenters. The average Bonchev–Trinajstić information content (AvgIpc) is 2.70. The second-order valence-electron chi connectivity index (χ2n) is 6.81. The first kappa shape index (κ1) is 22.3. The molecule has 0 saturated heterocycles. The lowest BCUT2D eigenvalue weighted by molar-refractivity contribution is -0.114. The van der Waals surface area contributed by atoms with Crippen LogP contribution in [0.2, 0.25) is 5.02 Å². The van der Waals surface area contributed by atoms with E-state index in [0.717, 1.165) is 19.9 Å². The number of nitrogens with one attached hydrogen (secondary N) is 1. The highest BCUT2D eigenvalue weighted by atomic mass is 79.9. The Morgan fingerprint density at radius 3 is 2.23 bits per heavy atom. The van der Waals surface area contributed by atoms with Gasteiger partial charge >= 0.3 is 0 Å². The summed E-state index contributed by atoms with van der Waals surface area (Å²) in [4.78, 5) is 12.8. The molecule has 0 aliphatic carbocycles. The number of halogens is 2. The first-order chi connectivity index (χ1) is 14.2. The van der Waals surface area contributed by atoms with Crippen molar-refractivity contribution in [1.82, 2.24) is 0 Å². The topological polar surface area (TPSA) is 66.5 Å². The van der Waals surface area contributed by atoms with Crippen molar-refractivity contribution in [1.29, 1.82) is 0 Å². The van der Waals surface area contributed by atoms with Crippen LogP contribution in [0.1, 0.15) is 11.1 Å². The summed E-state index contributed by atoms with van der Waals surface area (Å²) in [6.45, 7) is 3.30. The van der Waals surface area contributed by atoms with Crippen molar-refractivity contribution in [2.24, 2.45) is 0 Å². The summed E-state index contributed by atoms with van der Waals surface area (Å²) < 4.78 is 28.7. The largest absolute Gasteiger partial charge is 0.325 e. The summed E-state index contributed by atoms with van der Waals surface area (Å²) in [5.74, 6) is -0.468. The number of hydrogen-bond donors (Lipinski definition) is 1. The molecule has 0 aliphatic heterocycles. The van der Waals surface area contributed by atoms with Crippen LogP contribution in [-0.2, 0) is 14.8 Å². The van der Waals surface area contributed by atoms with Crippen LogP contribution in [0.4, 0.5) is 11.4 Å². The molecule has 8 heteroatoms. The highest BCUT2D eigenvalue weighted by Gasteiger charge is 2.27. The Bertz CT molecular complexity index is 1160. The number of benzene rings is 3. The van der Waals surface area contributed by atoms with Crippen LogP contribution in [0, 0.1) is 13.8 Å². The third-order valence-corrected chi connectivity index (χ3v) is 7.19. The van der Waals surface area contributed by atoms with E-state index in [2.05, 4.69) is 21.2 Å². The van der Waals surface area contributed by atoms with Gasteiger partial charge in [0.2, 0.25) is 5.91 Å². The Balaban J connectivity index is 1.96. The number of sulfonamides is 1. The average molecular weight is 508 g/mol. The SMILES string of the molecule is Cc1ccc(S(=O)(=O)N(CC(=O)Nc2ccc(Br)cc2)c2ccc(C)c(Cl)c2)cc1. The summed E-state index contributed by atoms with van der Waals surface area (Å²) in [5.41, 5.74) is 2.63. The molecule has 1 N–H and O–H groups in total. The Hall–Kier alpha value is -2.35. The van der Waals surface area contributed by atoms with E-state index in [9.17, 15) is 13.2 Å².